The van der Waals surface area contributed by atoms with Crippen LogP contribution in [0, 0.1) is 0 Å². The van der Waals surface area contributed by atoms with Gasteiger partial charge in [0.2, 0.25) is 5.95 Å². The number of rotatable bonds is 6. The van der Waals surface area contributed by atoms with Crippen molar-refractivity contribution in [3.63, 3.8) is 0 Å². The highest BCUT2D eigenvalue weighted by molar-refractivity contribution is 5.91. The summed E-state index contributed by atoms with van der Waals surface area (Å²) in [5.74, 6) is 1.39. The predicted molar refractivity (Wildman–Crippen MR) is 121 cm³/mol. The van der Waals surface area contributed by atoms with Gasteiger partial charge in [0.05, 0.1) is 24.9 Å². The quantitative estimate of drug-likeness (QED) is 0.646. The van der Waals surface area contributed by atoms with E-state index in [0.717, 1.165) is 21.7 Å². The molecule has 3 aromatic rings. The van der Waals surface area contributed by atoms with E-state index in [1.165, 1.54) is 11.6 Å². The Kier molecular flexibility index (Phi) is 5.30. The molecule has 0 fully saturated rings. The Morgan fingerprint density at radius 1 is 1.13 bits per heavy atom. The summed E-state index contributed by atoms with van der Waals surface area (Å²) in [5, 5.41) is 9.83. The minimum atomic E-state index is -0.401. The second-order valence-corrected chi connectivity index (χ2v) is 7.58. The molecule has 1 aliphatic rings. The number of nitrogens with one attached hydrogen (secondary N) is 1. The molecule has 1 N–H and O–H groups in total. The first-order valence-electron chi connectivity index (χ1n) is 10.3. The summed E-state index contributed by atoms with van der Waals surface area (Å²) < 4.78 is 9.86. The summed E-state index contributed by atoms with van der Waals surface area (Å²) in [6, 6.07) is 7.64. The molecule has 0 aliphatic carbocycles. The summed E-state index contributed by atoms with van der Waals surface area (Å²) in [5.41, 5.74) is 1.85. The van der Waals surface area contributed by atoms with Crippen molar-refractivity contribution in [2.75, 3.05) is 30.0 Å². The third-order valence-corrected chi connectivity index (χ3v) is 5.59. The van der Waals surface area contributed by atoms with Crippen LogP contribution in [-0.4, -0.2) is 44.1 Å². The lowest BCUT2D eigenvalue weighted by Gasteiger charge is -2.29. The van der Waals surface area contributed by atoms with E-state index >= 15 is 0 Å². The number of benzene rings is 1. The molecule has 3 heterocycles. The Morgan fingerprint density at radius 2 is 1.84 bits per heavy atom. The van der Waals surface area contributed by atoms with Crippen LogP contribution in [0.25, 0.3) is 11.2 Å². The molecule has 0 radical (unpaired) electrons. The lowest BCUT2D eigenvalue weighted by atomic mass is 10.2. The molecule has 1 aromatic carbocycles. The average Bonchev–Trinajstić information content (AvgIpc) is 3.17. The zero-order valence-corrected chi connectivity index (χ0v) is 18.4. The maximum absolute atomic E-state index is 12.9. The van der Waals surface area contributed by atoms with E-state index in [0.29, 0.717) is 36.8 Å². The third-order valence-electron chi connectivity index (χ3n) is 5.59. The van der Waals surface area contributed by atoms with Crippen molar-refractivity contribution < 1.29 is 4.74 Å². The lowest BCUT2D eigenvalue weighted by molar-refractivity contribution is 0.340. The summed E-state index contributed by atoms with van der Waals surface area (Å²) in [6.07, 6.45) is 0. The summed E-state index contributed by atoms with van der Waals surface area (Å²) in [7, 11) is 3.11. The first-order chi connectivity index (χ1) is 14.8. The van der Waals surface area contributed by atoms with Gasteiger partial charge in [-0.25, -0.2) is 9.80 Å². The zero-order valence-electron chi connectivity index (χ0n) is 18.4. The zero-order chi connectivity index (χ0) is 22.3. The number of imidazole rings is 1. The van der Waals surface area contributed by atoms with Crippen molar-refractivity contribution >= 4 is 28.5 Å². The van der Waals surface area contributed by atoms with Crippen LogP contribution in [0.4, 0.5) is 11.6 Å². The maximum atomic E-state index is 12.9. The minimum absolute atomic E-state index is 0.138. The summed E-state index contributed by atoms with van der Waals surface area (Å²) in [4.78, 5) is 29.9. The Hall–Kier alpha value is -3.56. The molecule has 10 nitrogen and oxygen atoms in total. The number of fused-ring (bicyclic) bond motifs is 3. The monoisotopic (exact) mass is 425 g/mol. The molecule has 1 aliphatic heterocycles. The summed E-state index contributed by atoms with van der Waals surface area (Å²) in [6.45, 7) is 7.64. The molecular formula is C21H27N7O3. The largest absolute Gasteiger partial charge is 0.494 e. The molecular weight excluding hydrogens is 398 g/mol. The van der Waals surface area contributed by atoms with Crippen LogP contribution in [0.3, 0.4) is 0 Å². The van der Waals surface area contributed by atoms with Gasteiger partial charge in [0.25, 0.3) is 5.56 Å². The van der Waals surface area contributed by atoms with E-state index in [2.05, 4.69) is 15.4 Å². The van der Waals surface area contributed by atoms with Gasteiger partial charge in [0.1, 0.15) is 5.75 Å². The number of hydrazone groups is 1. The van der Waals surface area contributed by atoms with Gasteiger partial charge >= 0.3 is 5.69 Å². The van der Waals surface area contributed by atoms with E-state index in [-0.39, 0.29) is 11.6 Å². The predicted octanol–water partition coefficient (Wildman–Crippen LogP) is 1.70. The topological polar surface area (TPSA) is 98.7 Å². The standard InChI is InChI=1S/C21H27N7O3/c1-6-31-16-9-7-15(8-10-16)22-11-12-27-20-23-18-17(28(20)14(3)13(2)24-27)19(29)26(5)21(30)25(18)4/h7-10,14,22H,6,11-12H2,1-5H3. The second-order valence-electron chi connectivity index (χ2n) is 7.58. The fraction of sp³-hybridized carbons (Fsp3) is 0.429. The van der Waals surface area contributed by atoms with Crippen molar-refractivity contribution in [1.29, 1.82) is 0 Å². The number of nitrogens with zero attached hydrogens (tertiary/aromatic N) is 6. The number of aromatic nitrogens is 4. The van der Waals surface area contributed by atoms with E-state index in [4.69, 9.17) is 4.74 Å². The van der Waals surface area contributed by atoms with E-state index in [1.807, 2.05) is 49.6 Å². The molecule has 0 saturated carbocycles. The molecule has 164 valence electrons. The molecule has 0 amide bonds. The average molecular weight is 425 g/mol. The van der Waals surface area contributed by atoms with Gasteiger partial charge in [-0.2, -0.15) is 10.1 Å². The van der Waals surface area contributed by atoms with E-state index in [1.54, 1.807) is 12.1 Å². The number of ether oxygens (including phenoxy) is 1. The first kappa shape index (κ1) is 20.7. The Bertz CT molecular complexity index is 1270. The number of hydrogen-bond donors (Lipinski definition) is 1. The Labute approximate surface area is 179 Å². The molecule has 0 spiro atoms. The molecule has 31 heavy (non-hydrogen) atoms. The number of aryl methyl sites for hydroxylation is 1. The molecule has 0 saturated heterocycles. The molecule has 1 atom stereocenters. The fourth-order valence-electron chi connectivity index (χ4n) is 3.75. The highest BCUT2D eigenvalue weighted by Gasteiger charge is 2.30. The van der Waals surface area contributed by atoms with Gasteiger partial charge in [-0.05, 0) is 45.0 Å². The smallest absolute Gasteiger partial charge is 0.332 e. The molecule has 2 aromatic heterocycles. The Balaban J connectivity index is 1.63. The number of anilines is 2. The van der Waals surface area contributed by atoms with Crippen molar-refractivity contribution in [2.24, 2.45) is 19.2 Å². The highest BCUT2D eigenvalue weighted by Crippen LogP contribution is 2.29. The maximum Gasteiger partial charge on any atom is 0.332 e. The normalized spacial score (nSPS) is 15.7. The van der Waals surface area contributed by atoms with Crippen LogP contribution < -0.4 is 26.3 Å². The highest BCUT2D eigenvalue weighted by atomic mass is 16.5. The van der Waals surface area contributed by atoms with Crippen LogP contribution in [0.5, 0.6) is 5.75 Å². The molecule has 1 unspecified atom stereocenters. The third kappa shape index (κ3) is 3.47. The van der Waals surface area contributed by atoms with Gasteiger partial charge in [-0.3, -0.25) is 18.5 Å². The second kappa shape index (κ2) is 7.93. The summed E-state index contributed by atoms with van der Waals surface area (Å²) >= 11 is 0. The van der Waals surface area contributed by atoms with Crippen LogP contribution in [0.2, 0.25) is 0 Å². The van der Waals surface area contributed by atoms with Crippen LogP contribution in [0.15, 0.2) is 39.0 Å². The molecule has 4 rings (SSSR count). The van der Waals surface area contributed by atoms with Crippen LogP contribution >= 0.6 is 0 Å². The van der Waals surface area contributed by atoms with Crippen molar-refractivity contribution in [2.45, 2.75) is 26.8 Å². The van der Waals surface area contributed by atoms with Crippen LogP contribution in [-0.2, 0) is 14.1 Å². The van der Waals surface area contributed by atoms with Crippen molar-refractivity contribution in [1.82, 2.24) is 18.7 Å². The van der Waals surface area contributed by atoms with Crippen molar-refractivity contribution in [3.8, 4) is 5.75 Å². The van der Waals surface area contributed by atoms with Crippen molar-refractivity contribution in [3.05, 3.63) is 45.1 Å². The SMILES string of the molecule is CCOc1ccc(NCCN2N=C(C)C(C)n3c2nc2c3c(=O)n(C)c(=O)n2C)cc1. The fourth-order valence-corrected chi connectivity index (χ4v) is 3.75. The van der Waals surface area contributed by atoms with Gasteiger partial charge in [0.15, 0.2) is 11.2 Å². The number of hydrogen-bond acceptors (Lipinski definition) is 7. The first-order valence-corrected chi connectivity index (χ1v) is 10.3. The van der Waals surface area contributed by atoms with Gasteiger partial charge in [-0.15, -0.1) is 0 Å². The van der Waals surface area contributed by atoms with Gasteiger partial charge in [0, 0.05) is 26.3 Å². The van der Waals surface area contributed by atoms with Crippen LogP contribution in [0.1, 0.15) is 26.8 Å². The van der Waals surface area contributed by atoms with Gasteiger partial charge < -0.3 is 10.1 Å². The lowest BCUT2D eigenvalue weighted by Crippen LogP contribution is -2.39. The Morgan fingerprint density at radius 3 is 2.52 bits per heavy atom. The van der Waals surface area contributed by atoms with Gasteiger partial charge in [-0.1, -0.05) is 0 Å². The van der Waals surface area contributed by atoms with E-state index in [9.17, 15) is 9.59 Å². The molecule has 0 bridgehead atoms. The molecule has 10 heteroatoms. The minimum Gasteiger partial charge on any atom is -0.494 e. The van der Waals surface area contributed by atoms with E-state index < -0.39 is 5.69 Å².